The van der Waals surface area contributed by atoms with Crippen molar-refractivity contribution in [2.75, 3.05) is 5.73 Å². The number of hydrogen-bond acceptors (Lipinski definition) is 2. The van der Waals surface area contributed by atoms with Gasteiger partial charge >= 0.3 is 0 Å². The van der Waals surface area contributed by atoms with Crippen LogP contribution in [-0.2, 0) is 5.75 Å². The van der Waals surface area contributed by atoms with Gasteiger partial charge in [0.25, 0.3) is 0 Å². The van der Waals surface area contributed by atoms with E-state index in [4.69, 9.17) is 28.9 Å². The van der Waals surface area contributed by atoms with Crippen molar-refractivity contribution < 1.29 is 4.39 Å². The van der Waals surface area contributed by atoms with E-state index in [1.165, 1.54) is 23.9 Å². The molecule has 0 saturated carbocycles. The molecule has 0 atom stereocenters. The van der Waals surface area contributed by atoms with Crippen LogP contribution in [0.4, 0.5) is 10.1 Å². The van der Waals surface area contributed by atoms with E-state index in [9.17, 15) is 4.39 Å². The monoisotopic (exact) mass is 301 g/mol. The van der Waals surface area contributed by atoms with Gasteiger partial charge in [-0.25, -0.2) is 4.39 Å². The van der Waals surface area contributed by atoms with Crippen molar-refractivity contribution in [3.63, 3.8) is 0 Å². The fourth-order valence-electron chi connectivity index (χ4n) is 1.45. The van der Waals surface area contributed by atoms with E-state index >= 15 is 0 Å². The van der Waals surface area contributed by atoms with Crippen LogP contribution < -0.4 is 5.73 Å². The minimum absolute atomic E-state index is 0.308. The minimum atomic E-state index is -0.308. The van der Waals surface area contributed by atoms with Gasteiger partial charge in [0.05, 0.1) is 0 Å². The van der Waals surface area contributed by atoms with Crippen LogP contribution in [0.1, 0.15) is 5.56 Å². The highest BCUT2D eigenvalue weighted by atomic mass is 35.5. The van der Waals surface area contributed by atoms with Crippen LogP contribution in [0.15, 0.2) is 41.3 Å². The third-order valence-corrected chi connectivity index (χ3v) is 4.22. The molecule has 0 aliphatic heterocycles. The first kappa shape index (κ1) is 13.5. The molecule has 0 fully saturated rings. The Bertz CT molecular complexity index is 555. The average Bonchev–Trinajstić information content (AvgIpc) is 2.33. The molecule has 2 N–H and O–H groups in total. The van der Waals surface area contributed by atoms with Crippen LogP contribution in [0.5, 0.6) is 0 Å². The van der Waals surface area contributed by atoms with Gasteiger partial charge in [0, 0.05) is 26.4 Å². The Morgan fingerprint density at radius 2 is 1.78 bits per heavy atom. The third-order valence-electron chi connectivity index (χ3n) is 2.41. The molecule has 18 heavy (non-hydrogen) atoms. The standard InChI is InChI=1S/C13H10Cl2FNS/c14-10-2-1-3-11(15)9(10)7-18-13-6-8(16)4-5-12(13)17/h1-6H,7,17H2. The Morgan fingerprint density at radius 3 is 2.44 bits per heavy atom. The van der Waals surface area contributed by atoms with E-state index in [1.54, 1.807) is 24.3 Å². The lowest BCUT2D eigenvalue weighted by Gasteiger charge is -2.08. The maximum Gasteiger partial charge on any atom is 0.124 e. The van der Waals surface area contributed by atoms with Crippen molar-refractivity contribution in [2.24, 2.45) is 0 Å². The highest BCUT2D eigenvalue weighted by molar-refractivity contribution is 7.98. The summed E-state index contributed by atoms with van der Waals surface area (Å²) in [6.45, 7) is 0. The Labute approximate surface area is 119 Å². The predicted molar refractivity (Wildman–Crippen MR) is 76.8 cm³/mol. The molecule has 1 nitrogen and oxygen atoms in total. The highest BCUT2D eigenvalue weighted by Crippen LogP contribution is 2.33. The van der Waals surface area contributed by atoms with Gasteiger partial charge in [0.1, 0.15) is 5.82 Å². The highest BCUT2D eigenvalue weighted by Gasteiger charge is 2.08. The van der Waals surface area contributed by atoms with Crippen molar-refractivity contribution in [1.82, 2.24) is 0 Å². The summed E-state index contributed by atoms with van der Waals surface area (Å²) < 4.78 is 13.1. The number of nitrogens with two attached hydrogens (primary N) is 1. The first-order valence-corrected chi connectivity index (χ1v) is 6.93. The molecule has 0 spiro atoms. The molecular formula is C13H10Cl2FNS. The SMILES string of the molecule is Nc1ccc(F)cc1SCc1c(Cl)cccc1Cl. The van der Waals surface area contributed by atoms with Crippen molar-refractivity contribution in [1.29, 1.82) is 0 Å². The summed E-state index contributed by atoms with van der Waals surface area (Å²) in [4.78, 5) is 0.686. The number of nitrogen functional groups attached to an aromatic ring is 1. The fraction of sp³-hybridized carbons (Fsp3) is 0.0769. The number of thioether (sulfide) groups is 1. The molecule has 0 aliphatic carbocycles. The largest absolute Gasteiger partial charge is 0.398 e. The van der Waals surface area contributed by atoms with Crippen LogP contribution in [0.3, 0.4) is 0 Å². The second-order valence-electron chi connectivity index (χ2n) is 3.67. The quantitative estimate of drug-likeness (QED) is 0.637. The molecule has 0 saturated heterocycles. The van der Waals surface area contributed by atoms with Crippen molar-refractivity contribution in [3.8, 4) is 0 Å². The molecule has 0 amide bonds. The average molecular weight is 302 g/mol. The number of anilines is 1. The molecule has 5 heteroatoms. The van der Waals surface area contributed by atoms with Crippen LogP contribution in [-0.4, -0.2) is 0 Å². The molecule has 0 radical (unpaired) electrons. The first-order chi connectivity index (χ1) is 8.58. The van der Waals surface area contributed by atoms with Crippen molar-refractivity contribution in [2.45, 2.75) is 10.6 Å². The van der Waals surface area contributed by atoms with Crippen LogP contribution >= 0.6 is 35.0 Å². The molecule has 0 unspecified atom stereocenters. The molecule has 2 aromatic carbocycles. The fourth-order valence-corrected chi connectivity index (χ4v) is 3.18. The third kappa shape index (κ3) is 3.10. The van der Waals surface area contributed by atoms with E-state index < -0.39 is 0 Å². The second kappa shape index (κ2) is 5.83. The maximum atomic E-state index is 13.1. The molecule has 2 aromatic rings. The smallest absolute Gasteiger partial charge is 0.124 e. The number of halogens is 3. The van der Waals surface area contributed by atoms with Crippen molar-refractivity contribution in [3.05, 3.63) is 57.8 Å². The van der Waals surface area contributed by atoms with E-state index in [2.05, 4.69) is 0 Å². The summed E-state index contributed by atoms with van der Waals surface area (Å²) in [5.41, 5.74) is 7.15. The lowest BCUT2D eigenvalue weighted by atomic mass is 10.2. The molecule has 0 aliphatic rings. The summed E-state index contributed by atoms with van der Waals surface area (Å²) in [5, 5.41) is 1.20. The zero-order chi connectivity index (χ0) is 13.1. The second-order valence-corrected chi connectivity index (χ2v) is 5.50. The van der Waals surface area contributed by atoms with E-state index in [0.717, 1.165) is 5.56 Å². The number of benzene rings is 2. The van der Waals surface area contributed by atoms with Gasteiger partial charge in [-0.05, 0) is 35.9 Å². The van der Waals surface area contributed by atoms with Gasteiger partial charge in [-0.15, -0.1) is 11.8 Å². The van der Waals surface area contributed by atoms with Crippen LogP contribution in [0, 0.1) is 5.82 Å². The molecular weight excluding hydrogens is 292 g/mol. The Morgan fingerprint density at radius 1 is 1.11 bits per heavy atom. The van der Waals surface area contributed by atoms with Gasteiger partial charge in [-0.1, -0.05) is 29.3 Å². The van der Waals surface area contributed by atoms with Gasteiger partial charge < -0.3 is 5.73 Å². The zero-order valence-electron chi connectivity index (χ0n) is 9.29. The molecule has 2 rings (SSSR count). The van der Waals surface area contributed by atoms with Crippen molar-refractivity contribution >= 4 is 40.7 Å². The summed E-state index contributed by atoms with van der Waals surface area (Å²) in [7, 11) is 0. The summed E-state index contributed by atoms with van der Waals surface area (Å²) >= 11 is 13.5. The molecule has 0 aromatic heterocycles. The minimum Gasteiger partial charge on any atom is -0.398 e. The van der Waals surface area contributed by atoms with Gasteiger partial charge in [0.15, 0.2) is 0 Å². The van der Waals surface area contributed by atoms with E-state index in [-0.39, 0.29) is 5.82 Å². The van der Waals surface area contributed by atoms with E-state index in [1.807, 2.05) is 0 Å². The molecule has 0 heterocycles. The lowest BCUT2D eigenvalue weighted by Crippen LogP contribution is -1.91. The number of rotatable bonds is 3. The van der Waals surface area contributed by atoms with Gasteiger partial charge in [-0.2, -0.15) is 0 Å². The summed E-state index contributed by atoms with van der Waals surface area (Å²) in [6, 6.07) is 9.63. The maximum absolute atomic E-state index is 13.1. The first-order valence-electron chi connectivity index (χ1n) is 5.18. The number of hydrogen-bond donors (Lipinski definition) is 1. The van der Waals surface area contributed by atoms with Crippen LogP contribution in [0.25, 0.3) is 0 Å². The summed E-state index contributed by atoms with van der Waals surface area (Å²) in [5.74, 6) is 0.239. The summed E-state index contributed by atoms with van der Waals surface area (Å²) in [6.07, 6.45) is 0. The normalized spacial score (nSPS) is 10.6. The lowest BCUT2D eigenvalue weighted by molar-refractivity contribution is 0.624. The predicted octanol–water partition coefficient (Wildman–Crippen LogP) is 5.01. The Kier molecular flexibility index (Phi) is 4.38. The topological polar surface area (TPSA) is 26.0 Å². The molecule has 94 valence electrons. The van der Waals surface area contributed by atoms with Gasteiger partial charge in [-0.3, -0.25) is 0 Å². The zero-order valence-corrected chi connectivity index (χ0v) is 11.6. The van der Waals surface area contributed by atoms with Gasteiger partial charge in [0.2, 0.25) is 0 Å². The molecule has 0 bridgehead atoms. The van der Waals surface area contributed by atoms with E-state index in [0.29, 0.717) is 26.4 Å². The van der Waals surface area contributed by atoms with Crippen LogP contribution in [0.2, 0.25) is 10.0 Å². The Balaban J connectivity index is 2.19. The Hall–Kier alpha value is -0.900.